The van der Waals surface area contributed by atoms with E-state index >= 15 is 0 Å². The van der Waals surface area contributed by atoms with Gasteiger partial charge in [0.15, 0.2) is 0 Å². The summed E-state index contributed by atoms with van der Waals surface area (Å²) in [5.41, 5.74) is 1.38. The van der Waals surface area contributed by atoms with Crippen LogP contribution in [0.1, 0.15) is 45.2 Å². The van der Waals surface area contributed by atoms with E-state index < -0.39 is 0 Å². The Morgan fingerprint density at radius 1 is 1.11 bits per heavy atom. The van der Waals surface area contributed by atoms with Gasteiger partial charge >= 0.3 is 0 Å². The van der Waals surface area contributed by atoms with Crippen LogP contribution in [-0.4, -0.2) is 31.1 Å². The van der Waals surface area contributed by atoms with Crippen molar-refractivity contribution in [1.29, 1.82) is 0 Å². The zero-order valence-corrected chi connectivity index (χ0v) is 14.0. The van der Waals surface area contributed by atoms with Gasteiger partial charge in [0, 0.05) is 10.5 Å². The van der Waals surface area contributed by atoms with Crippen LogP contribution in [0.3, 0.4) is 0 Å². The molecule has 0 aliphatic heterocycles. The van der Waals surface area contributed by atoms with E-state index in [1.165, 1.54) is 18.5 Å². The summed E-state index contributed by atoms with van der Waals surface area (Å²) in [7, 11) is 0. The molecule has 1 aromatic carbocycles. The van der Waals surface area contributed by atoms with Gasteiger partial charge < -0.3 is 10.2 Å². The lowest BCUT2D eigenvalue weighted by Crippen LogP contribution is -2.28. The predicted molar refractivity (Wildman–Crippen MR) is 87.6 cm³/mol. The highest BCUT2D eigenvalue weighted by Crippen LogP contribution is 2.19. The highest BCUT2D eigenvalue weighted by molar-refractivity contribution is 9.10. The van der Waals surface area contributed by atoms with Crippen molar-refractivity contribution in [2.45, 2.75) is 39.7 Å². The summed E-state index contributed by atoms with van der Waals surface area (Å²) in [6.07, 6.45) is 2.35. The van der Waals surface area contributed by atoms with Crippen LogP contribution in [-0.2, 0) is 0 Å². The van der Waals surface area contributed by atoms with Crippen molar-refractivity contribution in [3.8, 4) is 0 Å². The maximum atomic E-state index is 3.67. The van der Waals surface area contributed by atoms with Gasteiger partial charge in [-0.2, -0.15) is 0 Å². The lowest BCUT2D eigenvalue weighted by molar-refractivity contribution is 0.295. The lowest BCUT2D eigenvalue weighted by Gasteiger charge is -2.20. The molecule has 0 aliphatic rings. The van der Waals surface area contributed by atoms with Gasteiger partial charge in [-0.3, -0.25) is 0 Å². The van der Waals surface area contributed by atoms with Crippen LogP contribution in [0.25, 0.3) is 0 Å². The van der Waals surface area contributed by atoms with E-state index in [0.717, 1.165) is 30.5 Å². The molecule has 0 bridgehead atoms. The first-order valence-corrected chi connectivity index (χ1v) is 8.21. The molecule has 1 atom stereocenters. The topological polar surface area (TPSA) is 15.3 Å². The third kappa shape index (κ3) is 6.07. The molecule has 0 radical (unpaired) electrons. The second-order valence-electron chi connectivity index (χ2n) is 4.85. The van der Waals surface area contributed by atoms with E-state index in [1.807, 2.05) is 0 Å². The highest BCUT2D eigenvalue weighted by atomic mass is 79.9. The molecule has 3 heteroatoms. The van der Waals surface area contributed by atoms with Gasteiger partial charge in [0.2, 0.25) is 0 Å². The molecule has 1 unspecified atom stereocenters. The van der Waals surface area contributed by atoms with Gasteiger partial charge in [-0.15, -0.1) is 0 Å². The van der Waals surface area contributed by atoms with Crippen LogP contribution in [0.15, 0.2) is 28.7 Å². The van der Waals surface area contributed by atoms with Gasteiger partial charge in [-0.05, 0) is 56.7 Å². The summed E-state index contributed by atoms with van der Waals surface area (Å²) in [4.78, 5) is 2.47. The SMILES string of the molecule is CCC(NCCCN(CC)CC)c1ccc(Br)cc1. The van der Waals surface area contributed by atoms with Crippen LogP contribution in [0.2, 0.25) is 0 Å². The molecule has 0 saturated heterocycles. The van der Waals surface area contributed by atoms with Crippen molar-refractivity contribution < 1.29 is 0 Å². The lowest BCUT2D eigenvalue weighted by atomic mass is 10.0. The highest BCUT2D eigenvalue weighted by Gasteiger charge is 2.08. The van der Waals surface area contributed by atoms with Crippen molar-refractivity contribution in [3.05, 3.63) is 34.3 Å². The van der Waals surface area contributed by atoms with Crippen molar-refractivity contribution in [2.24, 2.45) is 0 Å². The van der Waals surface area contributed by atoms with E-state index in [1.54, 1.807) is 0 Å². The average Bonchev–Trinajstić information content (AvgIpc) is 2.44. The Morgan fingerprint density at radius 2 is 1.74 bits per heavy atom. The molecule has 0 heterocycles. The fraction of sp³-hybridized carbons (Fsp3) is 0.625. The van der Waals surface area contributed by atoms with Gasteiger partial charge in [0.05, 0.1) is 0 Å². The van der Waals surface area contributed by atoms with Crippen molar-refractivity contribution in [2.75, 3.05) is 26.2 Å². The number of hydrogen-bond donors (Lipinski definition) is 1. The molecule has 0 saturated carbocycles. The summed E-state index contributed by atoms with van der Waals surface area (Å²) in [5, 5.41) is 3.67. The second-order valence-corrected chi connectivity index (χ2v) is 5.76. The Balaban J connectivity index is 2.35. The molecule has 1 N–H and O–H groups in total. The Labute approximate surface area is 126 Å². The summed E-state index contributed by atoms with van der Waals surface area (Å²) in [6, 6.07) is 9.13. The molecule has 19 heavy (non-hydrogen) atoms. The predicted octanol–water partition coefficient (Wildman–Crippen LogP) is 4.22. The molecule has 2 nitrogen and oxygen atoms in total. The largest absolute Gasteiger partial charge is 0.310 e. The van der Waals surface area contributed by atoms with Gasteiger partial charge in [-0.25, -0.2) is 0 Å². The van der Waals surface area contributed by atoms with Crippen LogP contribution >= 0.6 is 15.9 Å². The summed E-state index contributed by atoms with van der Waals surface area (Å²) in [6.45, 7) is 11.3. The van der Waals surface area contributed by atoms with Crippen LogP contribution < -0.4 is 5.32 Å². The number of rotatable bonds is 9. The zero-order chi connectivity index (χ0) is 14.1. The molecule has 1 aromatic rings. The van der Waals surface area contributed by atoms with Gasteiger partial charge in [0.1, 0.15) is 0 Å². The Kier molecular flexibility index (Phi) is 8.35. The molecule has 1 rings (SSSR count). The molecule has 0 aliphatic carbocycles. The minimum absolute atomic E-state index is 0.477. The summed E-state index contributed by atoms with van der Waals surface area (Å²) < 4.78 is 1.15. The molecular formula is C16H27BrN2. The third-order valence-electron chi connectivity index (χ3n) is 3.62. The first-order chi connectivity index (χ1) is 9.21. The Hall–Kier alpha value is -0.380. The fourth-order valence-electron chi connectivity index (χ4n) is 2.31. The number of nitrogens with one attached hydrogen (secondary N) is 1. The Bertz CT molecular complexity index is 333. The summed E-state index contributed by atoms with van der Waals surface area (Å²) in [5.74, 6) is 0. The van der Waals surface area contributed by atoms with Crippen LogP contribution in [0, 0.1) is 0 Å². The first kappa shape index (κ1) is 16.7. The number of halogens is 1. The smallest absolute Gasteiger partial charge is 0.0317 e. The number of nitrogens with zero attached hydrogens (tertiary/aromatic N) is 1. The van der Waals surface area contributed by atoms with Crippen molar-refractivity contribution >= 4 is 15.9 Å². The van der Waals surface area contributed by atoms with Crippen molar-refractivity contribution in [1.82, 2.24) is 10.2 Å². The van der Waals surface area contributed by atoms with Gasteiger partial charge in [0.25, 0.3) is 0 Å². The minimum atomic E-state index is 0.477. The maximum absolute atomic E-state index is 3.67. The minimum Gasteiger partial charge on any atom is -0.310 e. The molecule has 0 spiro atoms. The molecule has 108 valence electrons. The van der Waals surface area contributed by atoms with Gasteiger partial charge in [-0.1, -0.05) is 48.8 Å². The second kappa shape index (κ2) is 9.51. The standard InChI is InChI=1S/C16H27BrN2/c1-4-16(14-8-10-15(17)11-9-14)18-12-7-13-19(5-2)6-3/h8-11,16,18H,4-7,12-13H2,1-3H3. The fourth-order valence-corrected chi connectivity index (χ4v) is 2.58. The van der Waals surface area contributed by atoms with E-state index in [-0.39, 0.29) is 0 Å². The van der Waals surface area contributed by atoms with E-state index in [2.05, 4.69) is 71.2 Å². The van der Waals surface area contributed by atoms with Crippen LogP contribution in [0.4, 0.5) is 0 Å². The maximum Gasteiger partial charge on any atom is 0.0317 e. The molecular weight excluding hydrogens is 300 g/mol. The number of hydrogen-bond acceptors (Lipinski definition) is 2. The average molecular weight is 327 g/mol. The molecule has 0 amide bonds. The monoisotopic (exact) mass is 326 g/mol. The third-order valence-corrected chi connectivity index (χ3v) is 4.15. The van der Waals surface area contributed by atoms with Crippen molar-refractivity contribution in [3.63, 3.8) is 0 Å². The van der Waals surface area contributed by atoms with E-state index in [4.69, 9.17) is 0 Å². The normalized spacial score (nSPS) is 12.9. The molecule has 0 fully saturated rings. The molecule has 0 aromatic heterocycles. The first-order valence-electron chi connectivity index (χ1n) is 7.42. The van der Waals surface area contributed by atoms with Crippen LogP contribution in [0.5, 0.6) is 0 Å². The summed E-state index contributed by atoms with van der Waals surface area (Å²) >= 11 is 3.49. The quantitative estimate of drug-likeness (QED) is 0.683. The van der Waals surface area contributed by atoms with E-state index in [9.17, 15) is 0 Å². The van der Waals surface area contributed by atoms with E-state index in [0.29, 0.717) is 6.04 Å². The zero-order valence-electron chi connectivity index (χ0n) is 12.5. The number of benzene rings is 1. The Morgan fingerprint density at radius 3 is 2.26 bits per heavy atom.